The van der Waals surface area contributed by atoms with E-state index in [1.165, 1.54) is 11.3 Å². The minimum Gasteiger partial charge on any atom is -0.375 e. The average Bonchev–Trinajstić information content (AvgIpc) is 3.14. The van der Waals surface area contributed by atoms with E-state index in [1.807, 2.05) is 12.1 Å². The van der Waals surface area contributed by atoms with E-state index in [9.17, 15) is 4.79 Å². The largest absolute Gasteiger partial charge is 0.375 e. The van der Waals surface area contributed by atoms with Gasteiger partial charge in [-0.3, -0.25) is 9.69 Å². The first-order chi connectivity index (χ1) is 12.7. The van der Waals surface area contributed by atoms with Crippen LogP contribution in [0.25, 0.3) is 0 Å². The fourth-order valence-electron chi connectivity index (χ4n) is 3.59. The highest BCUT2D eigenvalue weighted by molar-refractivity contribution is 5.82. The van der Waals surface area contributed by atoms with Crippen molar-refractivity contribution in [2.45, 2.75) is 31.8 Å². The summed E-state index contributed by atoms with van der Waals surface area (Å²) in [5.74, 6) is 0.181. The van der Waals surface area contributed by atoms with Crippen LogP contribution in [0, 0.1) is 0 Å². The van der Waals surface area contributed by atoms with Crippen molar-refractivity contribution in [3.63, 3.8) is 0 Å². The van der Waals surface area contributed by atoms with Crippen LogP contribution in [0.5, 0.6) is 0 Å². The van der Waals surface area contributed by atoms with Crippen LogP contribution >= 0.6 is 0 Å². The van der Waals surface area contributed by atoms with E-state index in [4.69, 9.17) is 0 Å². The summed E-state index contributed by atoms with van der Waals surface area (Å²) in [5, 5.41) is 3.14. The average molecular weight is 351 g/mol. The maximum absolute atomic E-state index is 12.6. The van der Waals surface area contributed by atoms with E-state index < -0.39 is 0 Å². The zero-order valence-electron chi connectivity index (χ0n) is 15.6. The van der Waals surface area contributed by atoms with Crippen LogP contribution in [0.3, 0.4) is 0 Å². The van der Waals surface area contributed by atoms with Crippen LogP contribution < -0.4 is 10.2 Å². The molecule has 1 amide bonds. The Hall–Kier alpha value is -2.33. The van der Waals surface area contributed by atoms with E-state index in [-0.39, 0.29) is 11.9 Å². The molecule has 0 bridgehead atoms. The van der Waals surface area contributed by atoms with Crippen LogP contribution in [0.1, 0.15) is 24.8 Å². The second-order valence-corrected chi connectivity index (χ2v) is 7.02. The molecule has 1 N–H and O–H groups in total. The number of hydrogen-bond donors (Lipinski definition) is 1. The molecule has 0 saturated carbocycles. The number of hydrogen-bond acceptors (Lipinski definition) is 3. The van der Waals surface area contributed by atoms with Crippen molar-refractivity contribution >= 4 is 11.6 Å². The minimum atomic E-state index is 0.0158. The van der Waals surface area contributed by atoms with Gasteiger partial charge in [0.25, 0.3) is 0 Å². The molecule has 0 aliphatic carbocycles. The van der Waals surface area contributed by atoms with Gasteiger partial charge in [-0.05, 0) is 43.5 Å². The third kappa shape index (κ3) is 5.09. The highest BCUT2D eigenvalue weighted by atomic mass is 16.2. The Morgan fingerprint density at radius 2 is 1.81 bits per heavy atom. The van der Waals surface area contributed by atoms with Gasteiger partial charge in [0.2, 0.25) is 5.91 Å². The SMILES string of the molecule is CN(CCCNC(=O)C1CCCN1Cc1ccccc1)c1ccccc1. The van der Waals surface area contributed by atoms with Gasteiger partial charge in [-0.2, -0.15) is 0 Å². The molecule has 1 saturated heterocycles. The normalized spacial score (nSPS) is 17.2. The Morgan fingerprint density at radius 1 is 1.12 bits per heavy atom. The standard InChI is InChI=1S/C22H29N3O/c1-24(20-12-6-3-7-13-20)16-9-15-23-22(26)21-14-8-17-25(21)18-19-10-4-2-5-11-19/h2-7,10-13,21H,8-9,14-18H2,1H3,(H,23,26). The van der Waals surface area contributed by atoms with Gasteiger partial charge in [0, 0.05) is 32.4 Å². The first kappa shape index (κ1) is 18.5. The predicted molar refractivity (Wildman–Crippen MR) is 107 cm³/mol. The van der Waals surface area contributed by atoms with Crippen molar-refractivity contribution in [2.75, 3.05) is 31.6 Å². The highest BCUT2D eigenvalue weighted by Crippen LogP contribution is 2.20. The smallest absolute Gasteiger partial charge is 0.237 e. The molecular weight excluding hydrogens is 322 g/mol. The second-order valence-electron chi connectivity index (χ2n) is 7.02. The fourth-order valence-corrected chi connectivity index (χ4v) is 3.59. The summed E-state index contributed by atoms with van der Waals surface area (Å²) in [4.78, 5) is 17.1. The molecule has 4 nitrogen and oxygen atoms in total. The number of amides is 1. The molecule has 0 spiro atoms. The van der Waals surface area contributed by atoms with Gasteiger partial charge in [-0.1, -0.05) is 48.5 Å². The molecule has 3 rings (SSSR count). The number of carbonyl (C=O) groups excluding carboxylic acids is 1. The van der Waals surface area contributed by atoms with Gasteiger partial charge in [0.05, 0.1) is 6.04 Å². The lowest BCUT2D eigenvalue weighted by Gasteiger charge is -2.24. The number of carbonyl (C=O) groups is 1. The van der Waals surface area contributed by atoms with E-state index in [2.05, 4.69) is 70.7 Å². The summed E-state index contributed by atoms with van der Waals surface area (Å²) < 4.78 is 0. The fraction of sp³-hybridized carbons (Fsp3) is 0.409. The molecule has 1 aliphatic rings. The van der Waals surface area contributed by atoms with Crippen molar-refractivity contribution in [1.29, 1.82) is 0 Å². The number of anilines is 1. The number of nitrogens with zero attached hydrogens (tertiary/aromatic N) is 2. The summed E-state index contributed by atoms with van der Waals surface area (Å²) in [6.45, 7) is 3.52. The van der Waals surface area contributed by atoms with Gasteiger partial charge in [0.15, 0.2) is 0 Å². The van der Waals surface area contributed by atoms with Gasteiger partial charge in [-0.25, -0.2) is 0 Å². The van der Waals surface area contributed by atoms with Crippen molar-refractivity contribution in [2.24, 2.45) is 0 Å². The lowest BCUT2D eigenvalue weighted by atomic mass is 10.1. The first-order valence-electron chi connectivity index (χ1n) is 9.56. The van der Waals surface area contributed by atoms with Crippen LogP contribution in [-0.2, 0) is 11.3 Å². The number of likely N-dealkylation sites (tertiary alicyclic amines) is 1. The predicted octanol–water partition coefficient (Wildman–Crippen LogP) is 3.29. The Bertz CT molecular complexity index is 674. The summed E-state index contributed by atoms with van der Waals surface area (Å²) in [7, 11) is 2.09. The molecule has 26 heavy (non-hydrogen) atoms. The Labute approximate surface area is 156 Å². The lowest BCUT2D eigenvalue weighted by Crippen LogP contribution is -2.43. The summed E-state index contributed by atoms with van der Waals surface area (Å²) in [5.41, 5.74) is 2.49. The zero-order chi connectivity index (χ0) is 18.2. The van der Waals surface area contributed by atoms with Gasteiger partial charge in [-0.15, -0.1) is 0 Å². The zero-order valence-corrected chi connectivity index (χ0v) is 15.6. The van der Waals surface area contributed by atoms with Crippen LogP contribution in [0.15, 0.2) is 60.7 Å². The van der Waals surface area contributed by atoms with E-state index >= 15 is 0 Å². The highest BCUT2D eigenvalue weighted by Gasteiger charge is 2.30. The molecule has 1 atom stereocenters. The molecule has 1 fully saturated rings. The Morgan fingerprint density at radius 3 is 2.54 bits per heavy atom. The number of para-hydroxylation sites is 1. The molecule has 138 valence electrons. The molecule has 0 radical (unpaired) electrons. The quantitative estimate of drug-likeness (QED) is 0.741. The minimum absolute atomic E-state index is 0.0158. The van der Waals surface area contributed by atoms with Gasteiger partial charge < -0.3 is 10.2 Å². The molecule has 1 heterocycles. The molecule has 4 heteroatoms. The number of rotatable bonds is 8. The summed E-state index contributed by atoms with van der Waals surface area (Å²) in [6.07, 6.45) is 3.01. The monoisotopic (exact) mass is 351 g/mol. The summed E-state index contributed by atoms with van der Waals surface area (Å²) >= 11 is 0. The second kappa shape index (κ2) is 9.39. The maximum Gasteiger partial charge on any atom is 0.237 e. The van der Waals surface area contributed by atoms with Crippen LogP contribution in [0.2, 0.25) is 0 Å². The van der Waals surface area contributed by atoms with Crippen molar-refractivity contribution in [1.82, 2.24) is 10.2 Å². The third-order valence-electron chi connectivity index (χ3n) is 5.06. The molecule has 1 aliphatic heterocycles. The Kier molecular flexibility index (Phi) is 6.67. The van der Waals surface area contributed by atoms with Crippen molar-refractivity contribution in [3.8, 4) is 0 Å². The molecule has 2 aromatic rings. The Balaban J connectivity index is 1.41. The first-order valence-corrected chi connectivity index (χ1v) is 9.56. The van der Waals surface area contributed by atoms with E-state index in [0.717, 1.165) is 45.4 Å². The maximum atomic E-state index is 12.6. The molecule has 1 unspecified atom stereocenters. The number of nitrogens with one attached hydrogen (secondary N) is 1. The summed E-state index contributed by atoms with van der Waals surface area (Å²) in [6, 6.07) is 20.8. The van der Waals surface area contributed by atoms with Gasteiger partial charge >= 0.3 is 0 Å². The van der Waals surface area contributed by atoms with Gasteiger partial charge in [0.1, 0.15) is 0 Å². The lowest BCUT2D eigenvalue weighted by molar-refractivity contribution is -0.125. The third-order valence-corrected chi connectivity index (χ3v) is 5.06. The van der Waals surface area contributed by atoms with Crippen molar-refractivity contribution < 1.29 is 4.79 Å². The van der Waals surface area contributed by atoms with Crippen molar-refractivity contribution in [3.05, 3.63) is 66.2 Å². The molecular formula is C22H29N3O. The van der Waals surface area contributed by atoms with Crippen LogP contribution in [0.4, 0.5) is 5.69 Å². The number of benzene rings is 2. The molecule has 0 aromatic heterocycles. The van der Waals surface area contributed by atoms with E-state index in [1.54, 1.807) is 0 Å². The topological polar surface area (TPSA) is 35.6 Å². The van der Waals surface area contributed by atoms with E-state index in [0.29, 0.717) is 0 Å². The molecule has 2 aromatic carbocycles. The van der Waals surface area contributed by atoms with Crippen LogP contribution in [-0.4, -0.2) is 43.5 Å².